The molecule has 6 rings (SSSR count). The summed E-state index contributed by atoms with van der Waals surface area (Å²) in [4.78, 5) is 51.3. The molecule has 8 heteroatoms. The van der Waals surface area contributed by atoms with E-state index >= 15 is 0 Å². The Hall–Kier alpha value is -3.26. The van der Waals surface area contributed by atoms with Crippen LogP contribution in [0.15, 0.2) is 63.4 Å². The van der Waals surface area contributed by atoms with Crippen molar-refractivity contribution in [3.05, 3.63) is 69.0 Å². The maximum atomic E-state index is 13.2. The Morgan fingerprint density at radius 1 is 1.09 bits per heavy atom. The van der Waals surface area contributed by atoms with Crippen LogP contribution in [0.3, 0.4) is 0 Å². The number of aromatic hydroxyl groups is 1. The lowest BCUT2D eigenvalue weighted by Gasteiger charge is -2.43. The lowest BCUT2D eigenvalue weighted by molar-refractivity contribution is -0.126. The summed E-state index contributed by atoms with van der Waals surface area (Å²) in [5, 5.41) is 12.4. The number of imide groups is 1. The fourth-order valence-electron chi connectivity index (χ4n) is 5.93. The first-order valence-electron chi connectivity index (χ1n) is 10.7. The number of benzene rings is 1. The van der Waals surface area contributed by atoms with Gasteiger partial charge >= 0.3 is 0 Å². The summed E-state index contributed by atoms with van der Waals surface area (Å²) in [6.07, 6.45) is 5.92. The minimum Gasteiger partial charge on any atom is -0.508 e. The van der Waals surface area contributed by atoms with Crippen LogP contribution in [0, 0.1) is 23.7 Å². The molecule has 0 spiro atoms. The lowest BCUT2D eigenvalue weighted by atomic mass is 9.59. The minimum atomic E-state index is -0.567. The summed E-state index contributed by atoms with van der Waals surface area (Å²) in [6, 6.07) is 4.84. The molecule has 1 aromatic carbocycles. The predicted octanol–water partition coefficient (Wildman–Crippen LogP) is 2.79. The molecule has 1 saturated heterocycles. The van der Waals surface area contributed by atoms with Gasteiger partial charge < -0.3 is 9.84 Å². The van der Waals surface area contributed by atoms with Crippen molar-refractivity contribution in [2.24, 2.45) is 23.7 Å². The van der Waals surface area contributed by atoms with Gasteiger partial charge in [0.15, 0.2) is 11.6 Å². The van der Waals surface area contributed by atoms with E-state index in [9.17, 15) is 24.3 Å². The summed E-state index contributed by atoms with van der Waals surface area (Å²) in [6.45, 7) is 0. The van der Waals surface area contributed by atoms with Gasteiger partial charge in [-0.25, -0.2) is 0 Å². The highest BCUT2D eigenvalue weighted by atomic mass is 79.9. The van der Waals surface area contributed by atoms with Gasteiger partial charge in [-0.15, -0.1) is 0 Å². The molecule has 3 aliphatic carbocycles. The smallest absolute Gasteiger partial charge is 0.231 e. The normalized spacial score (nSPS) is 30.3. The number of hydrogen-bond acceptors (Lipinski definition) is 6. The van der Waals surface area contributed by atoms with Crippen LogP contribution in [0.4, 0.5) is 0 Å². The molecule has 4 unspecified atom stereocenters. The van der Waals surface area contributed by atoms with E-state index < -0.39 is 17.8 Å². The van der Waals surface area contributed by atoms with Crippen LogP contribution in [-0.2, 0) is 25.6 Å². The molecule has 33 heavy (non-hydrogen) atoms. The molecule has 0 saturated carbocycles. The number of carbonyl (C=O) groups excluding carboxylic acids is 4. The number of fused-ring (bicyclic) bond motifs is 4. The first-order valence-corrected chi connectivity index (χ1v) is 11.5. The molecule has 0 radical (unpaired) electrons. The maximum Gasteiger partial charge on any atom is 0.231 e. The second-order valence-corrected chi connectivity index (χ2v) is 9.88. The largest absolute Gasteiger partial charge is 0.508 e. The number of phenolic OH excluding ortho intramolecular Hbond substituents is 1. The molecule has 1 aromatic rings. The van der Waals surface area contributed by atoms with Crippen LogP contribution in [0.2, 0.25) is 0 Å². The Kier molecular flexibility index (Phi) is 4.39. The Morgan fingerprint density at radius 2 is 1.91 bits per heavy atom. The van der Waals surface area contributed by atoms with Gasteiger partial charge in [-0.3, -0.25) is 24.5 Å². The lowest BCUT2D eigenvalue weighted by Crippen LogP contribution is -2.41. The van der Waals surface area contributed by atoms with Crippen LogP contribution >= 0.6 is 15.9 Å². The Morgan fingerprint density at radius 3 is 2.73 bits per heavy atom. The van der Waals surface area contributed by atoms with Gasteiger partial charge in [0.05, 0.1) is 22.6 Å². The van der Waals surface area contributed by atoms with Crippen molar-refractivity contribution in [3.63, 3.8) is 0 Å². The first kappa shape index (κ1) is 20.4. The van der Waals surface area contributed by atoms with Crippen molar-refractivity contribution in [2.45, 2.75) is 19.3 Å². The Bertz CT molecular complexity index is 1320. The predicted molar refractivity (Wildman–Crippen MR) is 119 cm³/mol. The monoisotopic (exact) mass is 507 g/mol. The van der Waals surface area contributed by atoms with Crippen molar-refractivity contribution >= 4 is 39.3 Å². The zero-order chi connectivity index (χ0) is 23.0. The third-order valence-electron chi connectivity index (χ3n) is 7.32. The summed E-state index contributed by atoms with van der Waals surface area (Å²) in [5.41, 5.74) is 3.22. The molecule has 2 amide bonds. The van der Waals surface area contributed by atoms with E-state index in [-0.39, 0.29) is 46.0 Å². The van der Waals surface area contributed by atoms with Crippen molar-refractivity contribution in [1.82, 2.24) is 5.32 Å². The molecule has 1 fully saturated rings. The van der Waals surface area contributed by atoms with Gasteiger partial charge in [-0.05, 0) is 58.5 Å². The number of halogens is 1. The molecular formula is C25H18BrNO6. The number of allylic oxidation sites excluding steroid dienone is 7. The van der Waals surface area contributed by atoms with Crippen LogP contribution < -0.4 is 10.1 Å². The number of nitrogens with one attached hydrogen (secondary N) is 1. The SMILES string of the molecule is O=C1C=C(Br)C(=O)C2=C1C(C1=COc3ccc(O)cc3C1)C1=CCC3C(=O)NC(=O)C3C1C2. The number of rotatable bonds is 1. The minimum absolute atomic E-state index is 0.108. The molecule has 2 aliphatic heterocycles. The second kappa shape index (κ2) is 7.12. The van der Waals surface area contributed by atoms with E-state index in [1.165, 1.54) is 6.08 Å². The summed E-state index contributed by atoms with van der Waals surface area (Å²) in [5.74, 6) is -2.33. The zero-order valence-electron chi connectivity index (χ0n) is 17.3. The van der Waals surface area contributed by atoms with Gasteiger partial charge in [-0.2, -0.15) is 0 Å². The van der Waals surface area contributed by atoms with Crippen LogP contribution in [0.1, 0.15) is 18.4 Å². The van der Waals surface area contributed by atoms with Gasteiger partial charge in [0.25, 0.3) is 0 Å². The van der Waals surface area contributed by atoms with E-state index in [1.54, 1.807) is 24.5 Å². The summed E-state index contributed by atoms with van der Waals surface area (Å²) < 4.78 is 6.03. The van der Waals surface area contributed by atoms with Crippen LogP contribution in [0.25, 0.3) is 0 Å². The average Bonchev–Trinajstić information content (AvgIpc) is 3.09. The number of phenols is 1. The highest BCUT2D eigenvalue weighted by Gasteiger charge is 2.54. The molecule has 0 bridgehead atoms. The van der Waals surface area contributed by atoms with E-state index in [4.69, 9.17) is 4.74 Å². The average molecular weight is 508 g/mol. The molecule has 0 aromatic heterocycles. The zero-order valence-corrected chi connectivity index (χ0v) is 18.8. The third kappa shape index (κ3) is 2.93. The highest BCUT2D eigenvalue weighted by molar-refractivity contribution is 9.12. The van der Waals surface area contributed by atoms with Crippen molar-refractivity contribution in [3.8, 4) is 11.5 Å². The highest BCUT2D eigenvalue weighted by Crippen LogP contribution is 2.53. The molecule has 166 valence electrons. The van der Waals surface area contributed by atoms with E-state index in [2.05, 4.69) is 21.2 Å². The number of hydrogen-bond donors (Lipinski definition) is 2. The standard InChI is InChI=1S/C25H18BrNO6/c26-17-8-18(29)22-16(23(17)30)7-15-13(2-3-14-21(15)25(32)27-24(14)31)20(22)11-5-10-6-12(28)1-4-19(10)33-9-11/h1-2,4,6,8-9,14-15,20-21,28H,3,5,7H2,(H,27,31,32). The van der Waals surface area contributed by atoms with Crippen molar-refractivity contribution in [1.29, 1.82) is 0 Å². The van der Waals surface area contributed by atoms with Crippen LogP contribution in [0.5, 0.6) is 11.5 Å². The quantitative estimate of drug-likeness (QED) is 0.343. The topological polar surface area (TPSA) is 110 Å². The number of carbonyl (C=O) groups is 4. The van der Waals surface area contributed by atoms with Gasteiger partial charge in [0, 0.05) is 35.1 Å². The molecule has 2 N–H and O–H groups in total. The molecule has 5 aliphatic rings. The second-order valence-electron chi connectivity index (χ2n) is 9.03. The molecule has 2 heterocycles. The van der Waals surface area contributed by atoms with Crippen molar-refractivity contribution in [2.75, 3.05) is 0 Å². The van der Waals surface area contributed by atoms with Gasteiger partial charge in [0.1, 0.15) is 11.5 Å². The molecule has 7 nitrogen and oxygen atoms in total. The number of ketones is 2. The first-order chi connectivity index (χ1) is 15.8. The van der Waals surface area contributed by atoms with Gasteiger partial charge in [0.2, 0.25) is 11.8 Å². The number of ether oxygens (including phenoxy) is 1. The number of Topliss-reactive ketones (excluding diaryl/α,β-unsaturated/α-hetero) is 1. The van der Waals surface area contributed by atoms with E-state index in [0.717, 1.165) is 16.7 Å². The summed E-state index contributed by atoms with van der Waals surface area (Å²) >= 11 is 3.21. The van der Waals surface area contributed by atoms with E-state index in [1.807, 2.05) is 6.08 Å². The summed E-state index contributed by atoms with van der Waals surface area (Å²) in [7, 11) is 0. The Balaban J connectivity index is 1.50. The fourth-order valence-corrected chi connectivity index (χ4v) is 6.37. The molecular weight excluding hydrogens is 490 g/mol. The van der Waals surface area contributed by atoms with Gasteiger partial charge in [-0.1, -0.05) is 11.6 Å². The van der Waals surface area contributed by atoms with Crippen molar-refractivity contribution < 1.29 is 29.0 Å². The number of amides is 2. The van der Waals surface area contributed by atoms with E-state index in [0.29, 0.717) is 29.7 Å². The fraction of sp³-hybridized carbons (Fsp3) is 0.280. The van der Waals surface area contributed by atoms with Crippen LogP contribution in [-0.4, -0.2) is 28.5 Å². The third-order valence-corrected chi connectivity index (χ3v) is 7.91. The Labute approximate surface area is 197 Å². The maximum absolute atomic E-state index is 13.2. The molecule has 4 atom stereocenters.